The normalized spacial score (nSPS) is 43.7. The smallest absolute Gasteiger partial charge is 0.184 e. The Hall–Kier alpha value is -0.860. The zero-order chi connectivity index (χ0) is 11.7. The van der Waals surface area contributed by atoms with Crippen LogP contribution in [0.25, 0.3) is 0 Å². The third kappa shape index (κ3) is 2.21. The zero-order valence-corrected chi connectivity index (χ0v) is 7.98. The minimum Gasteiger partial charge on any atom is -0.509 e. The fourth-order valence-corrected chi connectivity index (χ4v) is 1.29. The van der Waals surface area contributed by atoms with Crippen LogP contribution in [0.2, 0.25) is 0 Å². The van der Waals surface area contributed by atoms with Crippen molar-refractivity contribution in [2.75, 3.05) is 0 Å². The highest BCUT2D eigenvalue weighted by Crippen LogP contribution is 2.24. The van der Waals surface area contributed by atoms with E-state index >= 15 is 0 Å². The number of allylic oxidation sites excluding steroid dienone is 1. The van der Waals surface area contributed by atoms with Crippen LogP contribution in [0, 0.1) is 0 Å². The van der Waals surface area contributed by atoms with Crippen LogP contribution in [0.5, 0.6) is 0 Å². The maximum absolute atomic E-state index is 9.39. The van der Waals surface area contributed by atoms with Gasteiger partial charge in [-0.1, -0.05) is 0 Å². The summed E-state index contributed by atoms with van der Waals surface area (Å²) in [7, 11) is 0. The molecule has 5 atom stereocenters. The van der Waals surface area contributed by atoms with Crippen molar-refractivity contribution >= 4 is 0 Å². The molecule has 0 radical (unpaired) electrons. The molecule has 0 aromatic carbocycles. The van der Waals surface area contributed by atoms with Crippen LogP contribution in [0.1, 0.15) is 6.92 Å². The first kappa shape index (κ1) is 12.2. The fraction of sp³-hybridized carbons (Fsp3) is 0.750. The number of rotatable bonds is 1. The van der Waals surface area contributed by atoms with Gasteiger partial charge in [0, 0.05) is 0 Å². The molecule has 0 aromatic rings. The molecule has 0 aliphatic carbocycles. The molecule has 1 fully saturated rings. The lowest BCUT2D eigenvalue weighted by atomic mass is 9.97. The third-order valence-corrected chi connectivity index (χ3v) is 2.23. The number of aliphatic hydroxyl groups is 6. The predicted octanol–water partition coefficient (Wildman–Crippen LogP) is -1.87. The Balaban J connectivity index is 2.89. The Morgan fingerprint density at radius 2 is 1.47 bits per heavy atom. The quantitative estimate of drug-likeness (QED) is 0.287. The van der Waals surface area contributed by atoms with Crippen molar-refractivity contribution in [2.45, 2.75) is 37.6 Å². The van der Waals surface area contributed by atoms with E-state index in [0.717, 1.165) is 6.92 Å². The summed E-state index contributed by atoms with van der Waals surface area (Å²) in [6.07, 6.45) is -8.17. The number of hydrogen-bond acceptors (Lipinski definition) is 7. The van der Waals surface area contributed by atoms with E-state index < -0.39 is 42.2 Å². The van der Waals surface area contributed by atoms with Crippen LogP contribution >= 0.6 is 0 Å². The molecule has 1 rings (SSSR count). The van der Waals surface area contributed by atoms with Gasteiger partial charge in [0.1, 0.15) is 30.2 Å². The highest BCUT2D eigenvalue weighted by molar-refractivity contribution is 5.08. The van der Waals surface area contributed by atoms with Crippen LogP contribution in [-0.2, 0) is 4.74 Å². The first-order chi connectivity index (χ1) is 6.86. The molecule has 0 saturated carbocycles. The van der Waals surface area contributed by atoms with Gasteiger partial charge in [-0.3, -0.25) is 0 Å². The monoisotopic (exact) mass is 222 g/mol. The molecule has 1 heterocycles. The Kier molecular flexibility index (Phi) is 3.53. The maximum atomic E-state index is 9.39. The average molecular weight is 222 g/mol. The summed E-state index contributed by atoms with van der Waals surface area (Å²) in [6.45, 7) is 1.15. The topological polar surface area (TPSA) is 131 Å². The minimum atomic E-state index is -1.74. The molecule has 0 amide bonds. The van der Waals surface area contributed by atoms with E-state index in [1.807, 2.05) is 0 Å². The molecule has 7 heteroatoms. The predicted molar refractivity (Wildman–Crippen MR) is 46.9 cm³/mol. The first-order valence-corrected chi connectivity index (χ1v) is 4.32. The largest absolute Gasteiger partial charge is 0.509 e. The van der Waals surface area contributed by atoms with Gasteiger partial charge in [-0.25, -0.2) is 0 Å². The van der Waals surface area contributed by atoms with E-state index in [2.05, 4.69) is 4.74 Å². The van der Waals surface area contributed by atoms with E-state index in [1.165, 1.54) is 0 Å². The molecule has 15 heavy (non-hydrogen) atoms. The molecule has 0 spiro atoms. The van der Waals surface area contributed by atoms with Crippen LogP contribution in [0.15, 0.2) is 11.5 Å². The van der Waals surface area contributed by atoms with Crippen molar-refractivity contribution < 1.29 is 35.4 Å². The van der Waals surface area contributed by atoms with Crippen LogP contribution in [0.4, 0.5) is 0 Å². The number of aliphatic hydroxyl groups excluding tert-OH is 6. The van der Waals surface area contributed by atoms with Crippen molar-refractivity contribution in [2.24, 2.45) is 0 Å². The lowest BCUT2D eigenvalue weighted by Gasteiger charge is -2.37. The Morgan fingerprint density at radius 1 is 0.933 bits per heavy atom. The third-order valence-electron chi connectivity index (χ3n) is 2.23. The van der Waals surface area contributed by atoms with Gasteiger partial charge in [0.2, 0.25) is 0 Å². The van der Waals surface area contributed by atoms with Gasteiger partial charge in [0.15, 0.2) is 12.0 Å². The molecular formula is C8H14O7. The lowest BCUT2D eigenvalue weighted by molar-refractivity contribution is -0.278. The van der Waals surface area contributed by atoms with Crippen molar-refractivity contribution in [1.82, 2.24) is 0 Å². The summed E-state index contributed by atoms with van der Waals surface area (Å²) in [5.74, 6) is -1.21. The van der Waals surface area contributed by atoms with Crippen molar-refractivity contribution in [3.05, 3.63) is 11.5 Å². The van der Waals surface area contributed by atoms with E-state index in [4.69, 9.17) is 15.3 Å². The summed E-state index contributed by atoms with van der Waals surface area (Å²) < 4.78 is 4.63. The lowest BCUT2D eigenvalue weighted by Crippen LogP contribution is -2.58. The first-order valence-electron chi connectivity index (χ1n) is 4.32. The second-order valence-corrected chi connectivity index (χ2v) is 3.39. The maximum Gasteiger partial charge on any atom is 0.184 e. The van der Waals surface area contributed by atoms with E-state index in [9.17, 15) is 15.3 Å². The summed E-state index contributed by atoms with van der Waals surface area (Å²) >= 11 is 0. The number of ether oxygens (including phenoxy) is 1. The van der Waals surface area contributed by atoms with Gasteiger partial charge in [0.25, 0.3) is 0 Å². The SMILES string of the molecule is C/C(O)=C(\O)[C@@H]1OC(O)[C@H](O)[C@@H](O)[C@@H]1O. The summed E-state index contributed by atoms with van der Waals surface area (Å²) in [5.41, 5.74) is 0. The Morgan fingerprint density at radius 3 is 1.93 bits per heavy atom. The van der Waals surface area contributed by atoms with E-state index in [1.54, 1.807) is 0 Å². The van der Waals surface area contributed by atoms with Crippen LogP contribution in [0.3, 0.4) is 0 Å². The molecular weight excluding hydrogens is 208 g/mol. The molecule has 88 valence electrons. The van der Waals surface area contributed by atoms with Crippen molar-refractivity contribution in [1.29, 1.82) is 0 Å². The van der Waals surface area contributed by atoms with Gasteiger partial charge < -0.3 is 35.4 Å². The van der Waals surface area contributed by atoms with Gasteiger partial charge in [-0.2, -0.15) is 0 Å². The standard InChI is InChI=1S/C8H14O7/c1-2(9)3(10)7-5(12)4(11)6(13)8(14)15-7/h4-14H,1H3/b3-2+/t4-,5-,6+,7-,8?/m0/s1. The Labute approximate surface area is 85.5 Å². The van der Waals surface area contributed by atoms with Gasteiger partial charge in [-0.05, 0) is 6.92 Å². The zero-order valence-electron chi connectivity index (χ0n) is 7.98. The molecule has 1 aliphatic rings. The van der Waals surface area contributed by atoms with Crippen molar-refractivity contribution in [3.8, 4) is 0 Å². The fourth-order valence-electron chi connectivity index (χ4n) is 1.29. The molecule has 1 aliphatic heterocycles. The minimum absolute atomic E-state index is 0.505. The number of hydrogen-bond donors (Lipinski definition) is 6. The molecule has 7 nitrogen and oxygen atoms in total. The Bertz CT molecular complexity index is 260. The second-order valence-electron chi connectivity index (χ2n) is 3.39. The molecule has 6 N–H and O–H groups in total. The highest BCUT2D eigenvalue weighted by Gasteiger charge is 2.45. The second kappa shape index (κ2) is 4.33. The molecule has 1 unspecified atom stereocenters. The van der Waals surface area contributed by atoms with Gasteiger partial charge in [0.05, 0.1) is 0 Å². The van der Waals surface area contributed by atoms with Crippen LogP contribution < -0.4 is 0 Å². The molecule has 0 bridgehead atoms. The van der Waals surface area contributed by atoms with E-state index in [0.29, 0.717) is 0 Å². The summed E-state index contributed by atoms with van der Waals surface area (Å²) in [6, 6.07) is 0. The summed E-state index contributed by atoms with van der Waals surface area (Å²) in [4.78, 5) is 0. The van der Waals surface area contributed by atoms with E-state index in [-0.39, 0.29) is 0 Å². The average Bonchev–Trinajstić information content (AvgIpc) is 2.19. The highest BCUT2D eigenvalue weighted by atomic mass is 16.6. The molecule has 0 aromatic heterocycles. The van der Waals surface area contributed by atoms with Gasteiger partial charge in [-0.15, -0.1) is 0 Å². The molecule has 1 saturated heterocycles. The van der Waals surface area contributed by atoms with Gasteiger partial charge >= 0.3 is 0 Å². The van der Waals surface area contributed by atoms with Crippen molar-refractivity contribution in [3.63, 3.8) is 0 Å². The van der Waals surface area contributed by atoms with Crippen LogP contribution in [-0.4, -0.2) is 61.3 Å². The summed E-state index contributed by atoms with van der Waals surface area (Å²) in [5, 5.41) is 55.1.